The first-order chi connectivity index (χ1) is 8.66. The molecule has 18 heavy (non-hydrogen) atoms. The van der Waals surface area contributed by atoms with Crippen LogP contribution in [0.25, 0.3) is 22.2 Å². The molecule has 0 saturated heterocycles. The Morgan fingerprint density at radius 1 is 1.00 bits per heavy atom. The van der Waals surface area contributed by atoms with Gasteiger partial charge in [-0.15, -0.1) is 0 Å². The summed E-state index contributed by atoms with van der Waals surface area (Å²) in [6, 6.07) is 16.8. The first-order valence-electron chi connectivity index (χ1n) is 5.98. The van der Waals surface area contributed by atoms with Crippen LogP contribution in [0.4, 0.5) is 0 Å². The average Bonchev–Trinajstić information content (AvgIpc) is 2.71. The second-order valence-electron chi connectivity index (χ2n) is 4.61. The van der Waals surface area contributed by atoms with Gasteiger partial charge in [0.2, 0.25) is 0 Å². The lowest BCUT2D eigenvalue weighted by atomic mass is 10.1. The van der Waals surface area contributed by atoms with Crippen LogP contribution in [0.5, 0.6) is 0 Å². The Morgan fingerprint density at radius 2 is 1.78 bits per heavy atom. The maximum Gasteiger partial charge on any atom is 0.0488 e. The van der Waals surface area contributed by atoms with E-state index in [1.54, 1.807) is 0 Å². The number of aromatic nitrogens is 1. The van der Waals surface area contributed by atoms with Crippen LogP contribution in [0, 0.1) is 6.92 Å². The summed E-state index contributed by atoms with van der Waals surface area (Å²) < 4.78 is 2.22. The molecule has 0 unspecified atom stereocenters. The van der Waals surface area contributed by atoms with Gasteiger partial charge in [0.1, 0.15) is 0 Å². The number of para-hydroxylation sites is 1. The Morgan fingerprint density at radius 3 is 2.50 bits per heavy atom. The van der Waals surface area contributed by atoms with E-state index in [1.165, 1.54) is 22.2 Å². The lowest BCUT2D eigenvalue weighted by Gasteiger charge is -2.06. The number of hydrogen-bond donors (Lipinski definition) is 0. The quantitative estimate of drug-likeness (QED) is 0.588. The van der Waals surface area contributed by atoms with Crippen LogP contribution < -0.4 is 0 Å². The van der Waals surface area contributed by atoms with Crippen molar-refractivity contribution < 1.29 is 0 Å². The third kappa shape index (κ3) is 1.72. The summed E-state index contributed by atoms with van der Waals surface area (Å²) in [7, 11) is 2.10. The van der Waals surface area contributed by atoms with Gasteiger partial charge in [-0.05, 0) is 42.3 Å². The molecule has 1 heterocycles. The Labute approximate surface area is 112 Å². The van der Waals surface area contributed by atoms with Gasteiger partial charge in [-0.1, -0.05) is 35.9 Å². The first kappa shape index (κ1) is 11.4. The van der Waals surface area contributed by atoms with Crippen LogP contribution in [0.2, 0.25) is 5.02 Å². The number of hydrogen-bond acceptors (Lipinski definition) is 0. The van der Waals surface area contributed by atoms with E-state index >= 15 is 0 Å². The SMILES string of the molecule is Cc1cc(-c2cc3ccccc3n2C)ccc1Cl. The number of rotatable bonds is 1. The zero-order valence-corrected chi connectivity index (χ0v) is 11.2. The van der Waals surface area contributed by atoms with Gasteiger partial charge >= 0.3 is 0 Å². The third-order valence-electron chi connectivity index (χ3n) is 3.41. The lowest BCUT2D eigenvalue weighted by Crippen LogP contribution is -1.91. The molecule has 3 rings (SSSR count). The van der Waals surface area contributed by atoms with Gasteiger partial charge < -0.3 is 4.57 Å². The molecular formula is C16H14ClN. The van der Waals surface area contributed by atoms with E-state index < -0.39 is 0 Å². The van der Waals surface area contributed by atoms with Gasteiger partial charge in [0.05, 0.1) is 0 Å². The van der Waals surface area contributed by atoms with E-state index in [2.05, 4.69) is 54.1 Å². The van der Waals surface area contributed by atoms with Crippen molar-refractivity contribution >= 4 is 22.5 Å². The number of benzene rings is 2. The molecule has 0 saturated carbocycles. The van der Waals surface area contributed by atoms with Gasteiger partial charge in [-0.25, -0.2) is 0 Å². The smallest absolute Gasteiger partial charge is 0.0488 e. The van der Waals surface area contributed by atoms with Crippen molar-refractivity contribution in [1.29, 1.82) is 0 Å². The number of fused-ring (bicyclic) bond motifs is 1. The molecule has 90 valence electrons. The molecule has 0 aliphatic heterocycles. The van der Waals surface area contributed by atoms with Crippen molar-refractivity contribution in [1.82, 2.24) is 4.57 Å². The van der Waals surface area contributed by atoms with Gasteiger partial charge in [0, 0.05) is 28.7 Å². The summed E-state index contributed by atoms with van der Waals surface area (Å²) in [5.41, 5.74) is 4.78. The third-order valence-corrected chi connectivity index (χ3v) is 3.83. The topological polar surface area (TPSA) is 4.93 Å². The van der Waals surface area contributed by atoms with E-state index in [1.807, 2.05) is 13.0 Å². The number of aryl methyl sites for hydroxylation is 2. The fourth-order valence-electron chi connectivity index (χ4n) is 2.37. The predicted octanol–water partition coefficient (Wildman–Crippen LogP) is 4.81. The summed E-state index contributed by atoms with van der Waals surface area (Å²) in [5.74, 6) is 0. The van der Waals surface area contributed by atoms with Crippen molar-refractivity contribution in [2.24, 2.45) is 7.05 Å². The summed E-state index contributed by atoms with van der Waals surface area (Å²) in [6.07, 6.45) is 0. The molecule has 0 fully saturated rings. The van der Waals surface area contributed by atoms with Crippen molar-refractivity contribution in [2.45, 2.75) is 6.92 Å². The maximum absolute atomic E-state index is 6.08. The molecule has 0 spiro atoms. The van der Waals surface area contributed by atoms with Crippen molar-refractivity contribution in [3.05, 3.63) is 59.1 Å². The zero-order valence-electron chi connectivity index (χ0n) is 10.4. The molecule has 0 N–H and O–H groups in total. The van der Waals surface area contributed by atoms with Crippen LogP contribution in [-0.2, 0) is 7.05 Å². The summed E-state index contributed by atoms with van der Waals surface area (Å²) in [4.78, 5) is 0. The first-order valence-corrected chi connectivity index (χ1v) is 6.35. The molecule has 3 aromatic rings. The number of halogens is 1. The highest BCUT2D eigenvalue weighted by Gasteiger charge is 2.08. The normalized spacial score (nSPS) is 11.1. The average molecular weight is 256 g/mol. The standard InChI is InChI=1S/C16H14ClN/c1-11-9-13(7-8-14(11)17)16-10-12-5-3-4-6-15(12)18(16)2/h3-10H,1-2H3. The van der Waals surface area contributed by atoms with Crippen molar-refractivity contribution in [3.8, 4) is 11.3 Å². The minimum absolute atomic E-state index is 0.817. The highest BCUT2D eigenvalue weighted by Crippen LogP contribution is 2.29. The van der Waals surface area contributed by atoms with E-state index in [-0.39, 0.29) is 0 Å². The molecule has 1 aromatic heterocycles. The van der Waals surface area contributed by atoms with Crippen LogP contribution >= 0.6 is 11.6 Å². The second-order valence-corrected chi connectivity index (χ2v) is 5.02. The molecule has 0 aliphatic rings. The van der Waals surface area contributed by atoms with Crippen LogP contribution in [0.15, 0.2) is 48.5 Å². The van der Waals surface area contributed by atoms with Crippen molar-refractivity contribution in [3.63, 3.8) is 0 Å². The largest absolute Gasteiger partial charge is 0.344 e. The molecule has 0 radical (unpaired) electrons. The van der Waals surface area contributed by atoms with E-state index in [0.29, 0.717) is 0 Å². The Balaban J connectivity index is 2.25. The summed E-state index contributed by atoms with van der Waals surface area (Å²) >= 11 is 6.08. The van der Waals surface area contributed by atoms with Crippen molar-refractivity contribution in [2.75, 3.05) is 0 Å². The Bertz CT molecular complexity index is 725. The molecule has 2 heteroatoms. The Kier molecular flexibility index (Phi) is 2.64. The molecule has 0 atom stereocenters. The maximum atomic E-state index is 6.08. The predicted molar refractivity (Wildman–Crippen MR) is 78.1 cm³/mol. The fraction of sp³-hybridized carbons (Fsp3) is 0.125. The van der Waals surface area contributed by atoms with Gasteiger partial charge in [0.15, 0.2) is 0 Å². The molecule has 1 nitrogen and oxygen atoms in total. The molecule has 0 bridgehead atoms. The number of nitrogens with zero attached hydrogens (tertiary/aromatic N) is 1. The van der Waals surface area contributed by atoms with Crippen LogP contribution in [-0.4, -0.2) is 4.57 Å². The second kappa shape index (κ2) is 4.18. The molecular weight excluding hydrogens is 242 g/mol. The minimum Gasteiger partial charge on any atom is -0.344 e. The highest BCUT2D eigenvalue weighted by atomic mass is 35.5. The zero-order chi connectivity index (χ0) is 12.7. The minimum atomic E-state index is 0.817. The van der Waals surface area contributed by atoms with Gasteiger partial charge in [0.25, 0.3) is 0 Å². The van der Waals surface area contributed by atoms with Crippen LogP contribution in [0.3, 0.4) is 0 Å². The molecule has 2 aromatic carbocycles. The van der Waals surface area contributed by atoms with E-state index in [0.717, 1.165) is 10.6 Å². The monoisotopic (exact) mass is 255 g/mol. The molecule has 0 amide bonds. The summed E-state index contributed by atoms with van der Waals surface area (Å²) in [6.45, 7) is 2.04. The van der Waals surface area contributed by atoms with Gasteiger partial charge in [-0.2, -0.15) is 0 Å². The Hall–Kier alpha value is -1.73. The highest BCUT2D eigenvalue weighted by molar-refractivity contribution is 6.31. The summed E-state index contributed by atoms with van der Waals surface area (Å²) in [5, 5.41) is 2.08. The van der Waals surface area contributed by atoms with E-state index in [4.69, 9.17) is 11.6 Å². The molecule has 0 aliphatic carbocycles. The van der Waals surface area contributed by atoms with Gasteiger partial charge in [-0.3, -0.25) is 0 Å². The lowest BCUT2D eigenvalue weighted by molar-refractivity contribution is 0.978. The van der Waals surface area contributed by atoms with E-state index in [9.17, 15) is 0 Å². The van der Waals surface area contributed by atoms with Crippen LogP contribution in [0.1, 0.15) is 5.56 Å². The fourth-order valence-corrected chi connectivity index (χ4v) is 2.49.